The molecule has 2 atom stereocenters. The summed E-state index contributed by atoms with van der Waals surface area (Å²) in [5.74, 6) is 1.32. The van der Waals surface area contributed by atoms with E-state index in [0.29, 0.717) is 12.3 Å². The van der Waals surface area contributed by atoms with Crippen molar-refractivity contribution in [1.29, 1.82) is 0 Å². The molecule has 0 aromatic carbocycles. The predicted octanol–water partition coefficient (Wildman–Crippen LogP) is 3.54. The highest BCUT2D eigenvalue weighted by molar-refractivity contribution is 5.70. The summed E-state index contributed by atoms with van der Waals surface area (Å²) in [5.41, 5.74) is -0.336. The zero-order valence-corrected chi connectivity index (χ0v) is 10.5. The molecular formula is C13H24O2. The third-order valence-corrected chi connectivity index (χ3v) is 2.92. The van der Waals surface area contributed by atoms with Crippen molar-refractivity contribution in [3.05, 3.63) is 0 Å². The van der Waals surface area contributed by atoms with Gasteiger partial charge in [0.1, 0.15) is 5.60 Å². The molecule has 0 heterocycles. The Balaban J connectivity index is 2.31. The van der Waals surface area contributed by atoms with Gasteiger partial charge in [0.15, 0.2) is 0 Å². The largest absolute Gasteiger partial charge is 0.460 e. The maximum Gasteiger partial charge on any atom is 0.306 e. The van der Waals surface area contributed by atoms with Crippen LogP contribution in [0.4, 0.5) is 0 Å². The van der Waals surface area contributed by atoms with Crippen LogP contribution >= 0.6 is 0 Å². The Bertz CT molecular complexity index is 215. The minimum atomic E-state index is -0.336. The third-order valence-electron chi connectivity index (χ3n) is 2.92. The van der Waals surface area contributed by atoms with E-state index in [1.165, 1.54) is 25.7 Å². The molecule has 0 spiro atoms. The van der Waals surface area contributed by atoms with Crippen LogP contribution in [0, 0.1) is 11.8 Å². The van der Waals surface area contributed by atoms with Gasteiger partial charge in [-0.3, -0.25) is 4.79 Å². The van der Waals surface area contributed by atoms with Crippen molar-refractivity contribution < 1.29 is 9.53 Å². The molecule has 15 heavy (non-hydrogen) atoms. The lowest BCUT2D eigenvalue weighted by atomic mass is 9.81. The first-order chi connectivity index (χ1) is 6.87. The summed E-state index contributed by atoms with van der Waals surface area (Å²) in [5, 5.41) is 0. The van der Waals surface area contributed by atoms with Crippen molar-refractivity contribution >= 4 is 5.97 Å². The number of ether oxygens (including phenoxy) is 1. The molecule has 0 N–H and O–H groups in total. The second-order valence-electron chi connectivity index (χ2n) is 5.93. The molecule has 2 unspecified atom stereocenters. The van der Waals surface area contributed by atoms with Gasteiger partial charge in [-0.05, 0) is 45.4 Å². The van der Waals surface area contributed by atoms with E-state index >= 15 is 0 Å². The normalized spacial score (nSPS) is 27.5. The minimum Gasteiger partial charge on any atom is -0.460 e. The Morgan fingerprint density at radius 1 is 1.33 bits per heavy atom. The highest BCUT2D eigenvalue weighted by Gasteiger charge is 2.24. The van der Waals surface area contributed by atoms with Gasteiger partial charge in [0.2, 0.25) is 0 Å². The Morgan fingerprint density at radius 3 is 2.53 bits per heavy atom. The summed E-state index contributed by atoms with van der Waals surface area (Å²) in [6.07, 6.45) is 5.60. The van der Waals surface area contributed by atoms with Crippen molar-refractivity contribution in [3.8, 4) is 0 Å². The van der Waals surface area contributed by atoms with E-state index in [0.717, 1.165) is 5.92 Å². The van der Waals surface area contributed by atoms with Gasteiger partial charge in [-0.2, -0.15) is 0 Å². The lowest BCUT2D eigenvalue weighted by Gasteiger charge is -2.27. The summed E-state index contributed by atoms with van der Waals surface area (Å²) in [6, 6.07) is 0. The van der Waals surface area contributed by atoms with E-state index in [9.17, 15) is 4.79 Å². The number of hydrogen-bond donors (Lipinski definition) is 0. The van der Waals surface area contributed by atoms with E-state index in [4.69, 9.17) is 4.74 Å². The minimum absolute atomic E-state index is 0.0263. The van der Waals surface area contributed by atoms with Gasteiger partial charge in [0, 0.05) is 6.42 Å². The Hall–Kier alpha value is -0.530. The lowest BCUT2D eigenvalue weighted by molar-refractivity contribution is -0.156. The average Bonchev–Trinajstić information content (AvgIpc) is 1.99. The molecule has 1 saturated carbocycles. The van der Waals surface area contributed by atoms with Crippen molar-refractivity contribution in [1.82, 2.24) is 0 Å². The standard InChI is InChI=1S/C13H24O2/c1-10-6-5-7-11(8-10)9-12(14)15-13(2,3)4/h10-11H,5-9H2,1-4H3. The number of hydrogen-bond acceptors (Lipinski definition) is 2. The fourth-order valence-corrected chi connectivity index (χ4v) is 2.36. The number of rotatable bonds is 2. The van der Waals surface area contributed by atoms with Crippen LogP contribution in [0.1, 0.15) is 59.8 Å². The fraction of sp³-hybridized carbons (Fsp3) is 0.923. The monoisotopic (exact) mass is 212 g/mol. The number of carbonyl (C=O) groups excluding carboxylic acids is 1. The zero-order valence-electron chi connectivity index (χ0n) is 10.5. The van der Waals surface area contributed by atoms with Crippen LogP contribution in [0.3, 0.4) is 0 Å². The van der Waals surface area contributed by atoms with Crippen molar-refractivity contribution in [2.24, 2.45) is 11.8 Å². The van der Waals surface area contributed by atoms with Crippen LogP contribution in [0.15, 0.2) is 0 Å². The number of carbonyl (C=O) groups is 1. The average molecular weight is 212 g/mol. The molecule has 0 aliphatic heterocycles. The van der Waals surface area contributed by atoms with Gasteiger partial charge in [-0.15, -0.1) is 0 Å². The second kappa shape index (κ2) is 5.00. The van der Waals surface area contributed by atoms with Gasteiger partial charge >= 0.3 is 5.97 Å². The predicted molar refractivity (Wildman–Crippen MR) is 61.6 cm³/mol. The Labute approximate surface area is 93.4 Å². The fourth-order valence-electron chi connectivity index (χ4n) is 2.36. The first kappa shape index (κ1) is 12.5. The maximum absolute atomic E-state index is 11.6. The van der Waals surface area contributed by atoms with Crippen molar-refractivity contribution in [2.75, 3.05) is 0 Å². The number of esters is 1. The molecule has 0 amide bonds. The molecule has 0 aromatic rings. The molecule has 0 saturated heterocycles. The summed E-state index contributed by atoms with van der Waals surface area (Å²) in [6.45, 7) is 8.05. The summed E-state index contributed by atoms with van der Waals surface area (Å²) in [4.78, 5) is 11.6. The van der Waals surface area contributed by atoms with E-state index in [-0.39, 0.29) is 11.6 Å². The SMILES string of the molecule is CC1CCCC(CC(=O)OC(C)(C)C)C1. The summed E-state index contributed by atoms with van der Waals surface area (Å²) in [7, 11) is 0. The molecule has 1 fully saturated rings. The lowest BCUT2D eigenvalue weighted by Crippen LogP contribution is -2.26. The molecule has 0 bridgehead atoms. The zero-order chi connectivity index (χ0) is 11.5. The molecule has 2 nitrogen and oxygen atoms in total. The van der Waals surface area contributed by atoms with E-state index in [1.807, 2.05) is 20.8 Å². The maximum atomic E-state index is 11.6. The second-order valence-corrected chi connectivity index (χ2v) is 5.93. The quantitative estimate of drug-likeness (QED) is 0.654. The van der Waals surface area contributed by atoms with E-state index < -0.39 is 0 Å². The molecule has 1 rings (SSSR count). The van der Waals surface area contributed by atoms with Crippen LogP contribution in [0.2, 0.25) is 0 Å². The van der Waals surface area contributed by atoms with Crippen LogP contribution in [-0.2, 0) is 9.53 Å². The van der Waals surface area contributed by atoms with Crippen LogP contribution in [0.25, 0.3) is 0 Å². The van der Waals surface area contributed by atoms with Gasteiger partial charge < -0.3 is 4.74 Å². The van der Waals surface area contributed by atoms with Crippen molar-refractivity contribution in [2.45, 2.75) is 65.4 Å². The van der Waals surface area contributed by atoms with Gasteiger partial charge in [-0.1, -0.05) is 19.8 Å². The Morgan fingerprint density at radius 2 is 2.00 bits per heavy atom. The van der Waals surface area contributed by atoms with Crippen LogP contribution in [0.5, 0.6) is 0 Å². The molecule has 0 radical (unpaired) electrons. The Kier molecular flexibility index (Phi) is 4.18. The van der Waals surface area contributed by atoms with Gasteiger partial charge in [0.25, 0.3) is 0 Å². The van der Waals surface area contributed by atoms with Gasteiger partial charge in [0.05, 0.1) is 0 Å². The van der Waals surface area contributed by atoms with E-state index in [2.05, 4.69) is 6.92 Å². The first-order valence-electron chi connectivity index (χ1n) is 6.08. The topological polar surface area (TPSA) is 26.3 Å². The van der Waals surface area contributed by atoms with Crippen LogP contribution in [-0.4, -0.2) is 11.6 Å². The molecule has 0 aromatic heterocycles. The molecular weight excluding hydrogens is 188 g/mol. The third kappa shape index (κ3) is 5.19. The van der Waals surface area contributed by atoms with E-state index in [1.54, 1.807) is 0 Å². The first-order valence-corrected chi connectivity index (χ1v) is 6.08. The highest BCUT2D eigenvalue weighted by Crippen LogP contribution is 2.31. The summed E-state index contributed by atoms with van der Waals surface area (Å²) < 4.78 is 5.34. The smallest absolute Gasteiger partial charge is 0.306 e. The van der Waals surface area contributed by atoms with Gasteiger partial charge in [-0.25, -0.2) is 0 Å². The molecule has 1 aliphatic rings. The van der Waals surface area contributed by atoms with Crippen molar-refractivity contribution in [3.63, 3.8) is 0 Å². The highest BCUT2D eigenvalue weighted by atomic mass is 16.6. The summed E-state index contributed by atoms with van der Waals surface area (Å²) >= 11 is 0. The molecule has 2 heteroatoms. The molecule has 88 valence electrons. The molecule has 1 aliphatic carbocycles. The van der Waals surface area contributed by atoms with Crippen LogP contribution < -0.4 is 0 Å².